The van der Waals surface area contributed by atoms with Crippen molar-refractivity contribution >= 4 is 0 Å². The minimum absolute atomic E-state index is 0.00708. The van der Waals surface area contributed by atoms with Crippen molar-refractivity contribution in [1.29, 1.82) is 0 Å². The molecule has 0 amide bonds. The average molecular weight is 424 g/mol. The van der Waals surface area contributed by atoms with Crippen molar-refractivity contribution in [2.75, 3.05) is 40.5 Å². The summed E-state index contributed by atoms with van der Waals surface area (Å²) in [4.78, 5) is 2.61. The number of morpholine rings is 1. The number of fused-ring (bicyclic) bond motifs is 3. The summed E-state index contributed by atoms with van der Waals surface area (Å²) >= 11 is 0. The van der Waals surface area contributed by atoms with E-state index in [0.29, 0.717) is 11.8 Å². The molecule has 3 saturated carbocycles. The minimum atomic E-state index is -0.315. The van der Waals surface area contributed by atoms with Gasteiger partial charge in [-0.15, -0.1) is 0 Å². The van der Waals surface area contributed by atoms with E-state index >= 15 is 0 Å². The van der Waals surface area contributed by atoms with E-state index in [0.717, 1.165) is 57.1 Å². The number of methoxy groups -OCH3 is 2. The van der Waals surface area contributed by atoms with Crippen LogP contribution < -0.4 is 9.47 Å². The highest BCUT2D eigenvalue weighted by Gasteiger charge is 2.57. The van der Waals surface area contributed by atoms with Crippen molar-refractivity contribution in [3.8, 4) is 11.5 Å². The van der Waals surface area contributed by atoms with Crippen molar-refractivity contribution < 1.29 is 19.3 Å². The fourth-order valence-electron chi connectivity index (χ4n) is 6.49. The largest absolute Gasteiger partial charge is 0.497 e. The van der Waals surface area contributed by atoms with Crippen LogP contribution >= 0.6 is 0 Å². The molecule has 3 aliphatic carbocycles. The minimum Gasteiger partial charge on any atom is -0.497 e. The van der Waals surface area contributed by atoms with E-state index in [1.54, 1.807) is 14.2 Å². The number of hydrogen-bond donors (Lipinski definition) is 1. The van der Waals surface area contributed by atoms with Gasteiger partial charge in [0.1, 0.15) is 11.5 Å². The number of rotatable bonds is 5. The molecule has 5 heteroatoms. The lowest BCUT2D eigenvalue weighted by atomic mass is 9.51. The van der Waals surface area contributed by atoms with Crippen LogP contribution in [0.4, 0.5) is 0 Å². The van der Waals surface area contributed by atoms with Crippen LogP contribution in [0.15, 0.2) is 48.5 Å². The maximum atomic E-state index is 11.5. The molecule has 4 fully saturated rings. The maximum absolute atomic E-state index is 11.5. The summed E-state index contributed by atoms with van der Waals surface area (Å²) in [7, 11) is 3.41. The number of ether oxygens (including phenoxy) is 3. The average Bonchev–Trinajstić information content (AvgIpc) is 2.84. The van der Waals surface area contributed by atoms with Crippen LogP contribution in [0.5, 0.6) is 11.5 Å². The first-order valence-electron chi connectivity index (χ1n) is 11.4. The van der Waals surface area contributed by atoms with E-state index in [9.17, 15) is 5.11 Å². The molecule has 31 heavy (non-hydrogen) atoms. The standard InChI is InChI=1S/C26H33NO4/c1-29-20-7-3-18(4-8-20)22-15-26(27-11-13-31-14-12-27)16-23(25(22)24(28)17-26)19-5-9-21(30-2)10-6-19/h3-10,22-25,28H,11-17H2,1-2H3/t22-,23-,24?,25?,26?/m0/s1. The van der Waals surface area contributed by atoms with E-state index in [4.69, 9.17) is 14.2 Å². The van der Waals surface area contributed by atoms with E-state index in [-0.39, 0.29) is 17.6 Å². The predicted molar refractivity (Wildman–Crippen MR) is 120 cm³/mol. The van der Waals surface area contributed by atoms with Crippen LogP contribution in [-0.2, 0) is 4.74 Å². The highest BCUT2D eigenvalue weighted by Crippen LogP contribution is 2.60. The molecule has 1 unspecified atom stereocenters. The Morgan fingerprint density at radius 3 is 1.74 bits per heavy atom. The summed E-state index contributed by atoms with van der Waals surface area (Å²) in [5, 5.41) is 11.5. The van der Waals surface area contributed by atoms with Crippen molar-refractivity contribution in [3.63, 3.8) is 0 Å². The number of benzene rings is 2. The van der Waals surface area contributed by atoms with Crippen molar-refractivity contribution in [2.45, 2.75) is 42.7 Å². The van der Waals surface area contributed by atoms with Gasteiger partial charge >= 0.3 is 0 Å². The fraction of sp³-hybridized carbons (Fsp3) is 0.538. The first-order chi connectivity index (χ1) is 15.1. The molecule has 1 heterocycles. The molecular weight excluding hydrogens is 390 g/mol. The van der Waals surface area contributed by atoms with Gasteiger partial charge in [0, 0.05) is 18.6 Å². The molecule has 1 aliphatic heterocycles. The number of hydrogen-bond acceptors (Lipinski definition) is 5. The molecule has 6 rings (SSSR count). The zero-order valence-electron chi connectivity index (χ0n) is 18.5. The van der Waals surface area contributed by atoms with Gasteiger partial charge in [0.15, 0.2) is 0 Å². The second-order valence-corrected chi connectivity index (χ2v) is 9.34. The normalized spacial score (nSPS) is 33.3. The highest BCUT2D eigenvalue weighted by atomic mass is 16.5. The Bertz CT molecular complexity index is 818. The predicted octanol–water partition coefficient (Wildman–Crippen LogP) is 3.82. The number of aliphatic hydroxyl groups is 1. The Kier molecular flexibility index (Phi) is 5.67. The van der Waals surface area contributed by atoms with Crippen LogP contribution in [0.2, 0.25) is 0 Å². The third kappa shape index (κ3) is 3.73. The number of aliphatic hydroxyl groups excluding tert-OH is 1. The van der Waals surface area contributed by atoms with Crippen LogP contribution in [0.25, 0.3) is 0 Å². The summed E-state index contributed by atoms with van der Waals surface area (Å²) in [6.45, 7) is 3.45. The number of nitrogens with zero attached hydrogens (tertiary/aromatic N) is 1. The van der Waals surface area contributed by atoms with Gasteiger partial charge in [0.2, 0.25) is 0 Å². The molecule has 0 aromatic heterocycles. The summed E-state index contributed by atoms with van der Waals surface area (Å²) in [5.41, 5.74) is 2.62. The van der Waals surface area contributed by atoms with Crippen LogP contribution in [0.3, 0.4) is 0 Å². The summed E-state index contributed by atoms with van der Waals surface area (Å²) in [6.07, 6.45) is 2.72. The van der Waals surface area contributed by atoms with Gasteiger partial charge < -0.3 is 19.3 Å². The molecular formula is C26H33NO4. The first-order valence-corrected chi connectivity index (χ1v) is 11.4. The zero-order valence-corrected chi connectivity index (χ0v) is 18.5. The summed E-state index contributed by atoms with van der Waals surface area (Å²) < 4.78 is 16.4. The Morgan fingerprint density at radius 1 is 0.806 bits per heavy atom. The smallest absolute Gasteiger partial charge is 0.118 e. The van der Waals surface area contributed by atoms with Gasteiger partial charge in [0.05, 0.1) is 33.5 Å². The topological polar surface area (TPSA) is 51.2 Å². The quantitative estimate of drug-likeness (QED) is 0.792. The SMILES string of the molecule is COc1ccc([C@@H]2CC3(N4CCOCC4)CC(O)C2[C@H](c2ccc(OC)cc2)C3)cc1. The Morgan fingerprint density at radius 2 is 1.29 bits per heavy atom. The van der Waals surface area contributed by atoms with Gasteiger partial charge in [-0.25, -0.2) is 0 Å². The van der Waals surface area contributed by atoms with Crippen molar-refractivity contribution in [2.24, 2.45) is 5.92 Å². The summed E-state index contributed by atoms with van der Waals surface area (Å²) in [5.74, 6) is 2.60. The molecule has 4 aliphatic rings. The van der Waals surface area contributed by atoms with Gasteiger partial charge in [-0.2, -0.15) is 0 Å². The Balaban J connectivity index is 1.54. The molecule has 2 bridgehead atoms. The molecule has 5 nitrogen and oxygen atoms in total. The van der Waals surface area contributed by atoms with E-state index < -0.39 is 0 Å². The van der Waals surface area contributed by atoms with Crippen LogP contribution in [0.1, 0.15) is 42.2 Å². The van der Waals surface area contributed by atoms with Gasteiger partial charge in [0.25, 0.3) is 0 Å². The molecule has 2 aromatic carbocycles. The maximum Gasteiger partial charge on any atom is 0.118 e. The first kappa shape index (κ1) is 20.8. The van der Waals surface area contributed by atoms with Crippen molar-refractivity contribution in [3.05, 3.63) is 59.7 Å². The van der Waals surface area contributed by atoms with E-state index in [2.05, 4.69) is 29.2 Å². The van der Waals surface area contributed by atoms with Gasteiger partial charge in [-0.1, -0.05) is 24.3 Å². The van der Waals surface area contributed by atoms with Crippen LogP contribution in [-0.4, -0.2) is 62.2 Å². The third-order valence-electron chi connectivity index (χ3n) is 7.93. The lowest BCUT2D eigenvalue weighted by Gasteiger charge is -2.61. The van der Waals surface area contributed by atoms with Gasteiger partial charge in [-0.05, 0) is 72.4 Å². The second kappa shape index (κ2) is 8.45. The Hall–Kier alpha value is -2.08. The molecule has 166 valence electrons. The molecule has 1 saturated heterocycles. The molecule has 2 aromatic rings. The fourth-order valence-corrected chi connectivity index (χ4v) is 6.49. The van der Waals surface area contributed by atoms with E-state index in [1.165, 1.54) is 11.1 Å². The lowest BCUT2D eigenvalue weighted by Crippen LogP contribution is -2.64. The highest BCUT2D eigenvalue weighted by molar-refractivity contribution is 5.37. The van der Waals surface area contributed by atoms with Crippen molar-refractivity contribution in [1.82, 2.24) is 4.90 Å². The monoisotopic (exact) mass is 423 g/mol. The Labute approximate surface area is 184 Å². The third-order valence-corrected chi connectivity index (χ3v) is 7.93. The molecule has 0 radical (unpaired) electrons. The second-order valence-electron chi connectivity index (χ2n) is 9.34. The molecule has 1 N–H and O–H groups in total. The molecule has 3 atom stereocenters. The van der Waals surface area contributed by atoms with Crippen LogP contribution in [0, 0.1) is 5.92 Å². The van der Waals surface area contributed by atoms with E-state index in [1.807, 2.05) is 24.3 Å². The lowest BCUT2D eigenvalue weighted by molar-refractivity contribution is -0.126. The van der Waals surface area contributed by atoms with Gasteiger partial charge in [-0.3, -0.25) is 4.90 Å². The zero-order chi connectivity index (χ0) is 21.4. The molecule has 0 spiro atoms. The summed E-state index contributed by atoms with van der Waals surface area (Å²) in [6, 6.07) is 17.0.